The van der Waals surface area contributed by atoms with Crippen molar-refractivity contribution in [3.8, 4) is 5.75 Å². The highest BCUT2D eigenvalue weighted by atomic mass is 35.5. The lowest BCUT2D eigenvalue weighted by Crippen LogP contribution is -2.45. The van der Waals surface area contributed by atoms with Crippen molar-refractivity contribution in [3.63, 3.8) is 0 Å². The maximum atomic E-state index is 13.1. The minimum Gasteiger partial charge on any atom is -0.485 e. The lowest BCUT2D eigenvalue weighted by atomic mass is 9.89. The Bertz CT molecular complexity index is 1050. The maximum Gasteiger partial charge on any atom is 0.133 e. The van der Waals surface area contributed by atoms with E-state index in [9.17, 15) is 9.50 Å². The number of hydrogen-bond acceptors (Lipinski definition) is 3. The van der Waals surface area contributed by atoms with Gasteiger partial charge in [0.2, 0.25) is 0 Å². The van der Waals surface area contributed by atoms with Crippen LogP contribution in [0.4, 0.5) is 4.39 Å². The minimum absolute atomic E-state index is 0.236. The Morgan fingerprint density at radius 1 is 1.18 bits per heavy atom. The van der Waals surface area contributed by atoms with Crippen LogP contribution in [0.2, 0.25) is 5.15 Å². The molecule has 0 amide bonds. The van der Waals surface area contributed by atoms with Crippen LogP contribution in [0.25, 0.3) is 10.9 Å². The van der Waals surface area contributed by atoms with Gasteiger partial charge in [-0.25, -0.2) is 9.37 Å². The Morgan fingerprint density at radius 2 is 1.89 bits per heavy atom. The van der Waals surface area contributed by atoms with Crippen molar-refractivity contribution < 1.29 is 14.2 Å². The molecule has 0 bridgehead atoms. The van der Waals surface area contributed by atoms with Crippen molar-refractivity contribution in [3.05, 3.63) is 76.0 Å². The quantitative estimate of drug-likeness (QED) is 0.616. The van der Waals surface area contributed by atoms with Crippen LogP contribution < -0.4 is 4.74 Å². The second-order valence-electron chi connectivity index (χ2n) is 7.86. The van der Waals surface area contributed by atoms with Crippen molar-refractivity contribution >= 4 is 22.5 Å². The van der Waals surface area contributed by atoms with E-state index in [-0.39, 0.29) is 5.82 Å². The van der Waals surface area contributed by atoms with Crippen molar-refractivity contribution in [2.75, 3.05) is 0 Å². The van der Waals surface area contributed by atoms with Gasteiger partial charge in [0.25, 0.3) is 0 Å². The molecule has 3 nitrogen and oxygen atoms in total. The maximum absolute atomic E-state index is 13.1. The van der Waals surface area contributed by atoms with Gasteiger partial charge < -0.3 is 9.84 Å². The summed E-state index contributed by atoms with van der Waals surface area (Å²) in [6.45, 7) is 5.76. The van der Waals surface area contributed by atoms with Gasteiger partial charge >= 0.3 is 0 Å². The number of aliphatic hydroxyl groups excluding tert-OH is 1. The van der Waals surface area contributed by atoms with Crippen LogP contribution >= 0.6 is 11.6 Å². The highest BCUT2D eigenvalue weighted by Gasteiger charge is 2.36. The second-order valence-corrected chi connectivity index (χ2v) is 8.21. The van der Waals surface area contributed by atoms with Crippen LogP contribution in [0.1, 0.15) is 36.1 Å². The van der Waals surface area contributed by atoms with E-state index in [2.05, 4.69) is 4.98 Å². The molecule has 4 rings (SSSR count). The molecule has 0 unspecified atom stereocenters. The summed E-state index contributed by atoms with van der Waals surface area (Å²) in [5.41, 5.74) is 4.01. The molecule has 2 heterocycles. The summed E-state index contributed by atoms with van der Waals surface area (Å²) in [5, 5.41) is 11.7. The number of ether oxygens (including phenoxy) is 1. The molecule has 3 aromatic rings. The average molecular weight is 399 g/mol. The Morgan fingerprint density at radius 3 is 2.61 bits per heavy atom. The Kier molecular flexibility index (Phi) is 4.80. The van der Waals surface area contributed by atoms with Crippen molar-refractivity contribution in [2.45, 2.75) is 45.3 Å². The summed E-state index contributed by atoms with van der Waals surface area (Å²) in [6.07, 6.45) is 2.57. The summed E-state index contributed by atoms with van der Waals surface area (Å²) in [6, 6.07) is 10.4. The van der Waals surface area contributed by atoms with Crippen molar-refractivity contribution in [1.82, 2.24) is 4.98 Å². The summed E-state index contributed by atoms with van der Waals surface area (Å²) < 4.78 is 19.1. The third kappa shape index (κ3) is 3.47. The SMILES string of the molecule is Cc1c(CCc2ccc(F)cc2)c(Cl)nc2cc3c(cc12)OC(C)(C)[C@H](O)[CH]3. The average Bonchev–Trinajstić information content (AvgIpc) is 2.63. The lowest BCUT2D eigenvalue weighted by Gasteiger charge is -2.37. The van der Waals surface area contributed by atoms with Crippen molar-refractivity contribution in [2.24, 2.45) is 0 Å². The van der Waals surface area contributed by atoms with Crippen LogP contribution in [0.3, 0.4) is 0 Å². The van der Waals surface area contributed by atoms with E-state index in [1.807, 2.05) is 32.9 Å². The van der Waals surface area contributed by atoms with Gasteiger partial charge in [0.05, 0.1) is 5.52 Å². The fourth-order valence-electron chi connectivity index (χ4n) is 3.61. The molecule has 1 N–H and O–H groups in total. The molecule has 0 saturated carbocycles. The number of aryl methyl sites for hydroxylation is 2. The first-order chi connectivity index (χ1) is 13.2. The number of hydrogen-bond donors (Lipinski definition) is 1. The normalized spacial score (nSPS) is 18.0. The fourth-order valence-corrected chi connectivity index (χ4v) is 3.94. The fraction of sp³-hybridized carbons (Fsp3) is 0.304. The molecule has 5 heteroatoms. The predicted octanol–water partition coefficient (Wildman–Crippen LogP) is 5.21. The first-order valence-corrected chi connectivity index (χ1v) is 9.71. The Labute approximate surface area is 169 Å². The molecule has 1 aliphatic heterocycles. The number of nitrogens with zero attached hydrogens (tertiary/aromatic N) is 1. The van der Waals surface area contributed by atoms with E-state index in [1.54, 1.807) is 18.6 Å². The summed E-state index contributed by atoms with van der Waals surface area (Å²) >= 11 is 6.50. The van der Waals surface area contributed by atoms with E-state index in [4.69, 9.17) is 16.3 Å². The largest absolute Gasteiger partial charge is 0.485 e. The van der Waals surface area contributed by atoms with Gasteiger partial charge in [0, 0.05) is 17.4 Å². The number of pyridine rings is 1. The third-order valence-corrected chi connectivity index (χ3v) is 5.76. The first kappa shape index (κ1) is 19.2. The van der Waals surface area contributed by atoms with E-state index >= 15 is 0 Å². The number of benzene rings is 2. The second kappa shape index (κ2) is 7.02. The third-order valence-electron chi connectivity index (χ3n) is 5.45. The van der Waals surface area contributed by atoms with E-state index in [0.717, 1.165) is 45.3 Å². The molecule has 0 fully saturated rings. The van der Waals surface area contributed by atoms with E-state index in [0.29, 0.717) is 11.6 Å². The molecule has 28 heavy (non-hydrogen) atoms. The monoisotopic (exact) mass is 398 g/mol. The molecule has 0 aliphatic carbocycles. The molecule has 0 saturated heterocycles. The Hall–Kier alpha value is -2.17. The molecule has 0 spiro atoms. The van der Waals surface area contributed by atoms with Gasteiger partial charge in [0.1, 0.15) is 28.4 Å². The highest BCUT2D eigenvalue weighted by molar-refractivity contribution is 6.30. The van der Waals surface area contributed by atoms with E-state index < -0.39 is 11.7 Å². The van der Waals surface area contributed by atoms with Gasteiger partial charge in [-0.3, -0.25) is 0 Å². The zero-order valence-electron chi connectivity index (χ0n) is 16.1. The van der Waals surface area contributed by atoms with Crippen LogP contribution in [-0.2, 0) is 12.8 Å². The highest BCUT2D eigenvalue weighted by Crippen LogP contribution is 2.39. The molecular formula is C23H22ClFNO2. The number of fused-ring (bicyclic) bond motifs is 2. The first-order valence-electron chi connectivity index (χ1n) is 9.34. The van der Waals surface area contributed by atoms with Gasteiger partial charge in [-0.05, 0) is 74.6 Å². The molecule has 145 valence electrons. The van der Waals surface area contributed by atoms with Crippen LogP contribution in [-0.4, -0.2) is 21.8 Å². The number of aromatic nitrogens is 1. The summed E-state index contributed by atoms with van der Waals surface area (Å²) in [7, 11) is 0. The van der Waals surface area contributed by atoms with Crippen LogP contribution in [0.15, 0.2) is 36.4 Å². The lowest BCUT2D eigenvalue weighted by molar-refractivity contribution is -0.0187. The van der Waals surface area contributed by atoms with Crippen LogP contribution in [0.5, 0.6) is 5.75 Å². The number of rotatable bonds is 3. The smallest absolute Gasteiger partial charge is 0.133 e. The summed E-state index contributed by atoms with van der Waals surface area (Å²) in [5.74, 6) is 0.500. The molecule has 1 aliphatic rings. The van der Waals surface area contributed by atoms with Crippen LogP contribution in [0, 0.1) is 19.2 Å². The van der Waals surface area contributed by atoms with Gasteiger partial charge in [-0.2, -0.15) is 0 Å². The summed E-state index contributed by atoms with van der Waals surface area (Å²) in [4.78, 5) is 4.58. The predicted molar refractivity (Wildman–Crippen MR) is 109 cm³/mol. The zero-order chi connectivity index (χ0) is 20.1. The topological polar surface area (TPSA) is 42.4 Å². The Balaban J connectivity index is 1.71. The minimum atomic E-state index is -0.691. The molecule has 2 aromatic carbocycles. The molecule has 1 aromatic heterocycles. The van der Waals surface area contributed by atoms with Gasteiger partial charge in [-0.15, -0.1) is 0 Å². The molecule has 1 radical (unpaired) electrons. The van der Waals surface area contributed by atoms with Gasteiger partial charge in [0.15, 0.2) is 0 Å². The number of halogens is 2. The zero-order valence-corrected chi connectivity index (χ0v) is 16.8. The van der Waals surface area contributed by atoms with Crippen molar-refractivity contribution in [1.29, 1.82) is 0 Å². The molecular weight excluding hydrogens is 377 g/mol. The van der Waals surface area contributed by atoms with Gasteiger partial charge in [-0.1, -0.05) is 23.7 Å². The standard InChI is InChI=1S/C23H22ClFNO2/c1-13-17(9-6-14-4-7-16(25)8-5-14)22(24)26-19-10-15-11-21(27)23(2,3)28-20(15)12-18(13)19/h4-5,7-8,10-12,21,27H,6,9H2,1-3H3/t21-/m1/s1. The number of aliphatic hydroxyl groups is 1. The van der Waals surface area contributed by atoms with E-state index in [1.165, 1.54) is 12.1 Å². The molecule has 1 atom stereocenters.